The summed E-state index contributed by atoms with van der Waals surface area (Å²) in [7, 11) is 0. The lowest BCUT2D eigenvalue weighted by Gasteiger charge is -2.35. The van der Waals surface area contributed by atoms with E-state index in [4.69, 9.17) is 28.9 Å². The number of rotatable bonds is 6. The first kappa shape index (κ1) is 19.0. The fourth-order valence-electron chi connectivity index (χ4n) is 4.05. The first-order chi connectivity index (χ1) is 14.0. The van der Waals surface area contributed by atoms with Crippen molar-refractivity contribution in [3.05, 3.63) is 43.9 Å². The summed E-state index contributed by atoms with van der Waals surface area (Å²) >= 11 is 11.7. The van der Waals surface area contributed by atoms with E-state index in [0.717, 1.165) is 17.9 Å². The number of piperazine rings is 1. The maximum absolute atomic E-state index is 11.4. The van der Waals surface area contributed by atoms with Crippen molar-refractivity contribution in [1.82, 2.24) is 19.2 Å². The Morgan fingerprint density at radius 3 is 2.52 bits per heavy atom. The van der Waals surface area contributed by atoms with Crippen LogP contribution in [-0.4, -0.2) is 50.3 Å². The molecule has 1 aromatic heterocycles. The number of hydrogen-bond donors (Lipinski definition) is 0. The monoisotopic (exact) mass is 434 g/mol. The first-order valence-electron chi connectivity index (χ1n) is 10.1. The van der Waals surface area contributed by atoms with Crippen LogP contribution >= 0.6 is 23.8 Å². The molecule has 0 spiro atoms. The van der Waals surface area contributed by atoms with E-state index in [-0.39, 0.29) is 10.6 Å². The fourth-order valence-corrected chi connectivity index (χ4v) is 4.56. The molecular weight excluding hydrogens is 412 g/mol. The van der Waals surface area contributed by atoms with Gasteiger partial charge in [0.25, 0.3) is 5.69 Å². The summed E-state index contributed by atoms with van der Waals surface area (Å²) in [6.45, 7) is 3.71. The molecule has 3 aliphatic rings. The molecule has 0 N–H and O–H groups in total. The van der Waals surface area contributed by atoms with Crippen molar-refractivity contribution in [1.29, 1.82) is 0 Å². The molecule has 0 radical (unpaired) electrons. The zero-order valence-corrected chi connectivity index (χ0v) is 17.6. The number of benzene rings is 1. The average molecular weight is 435 g/mol. The molecule has 1 saturated heterocycles. The second-order valence-electron chi connectivity index (χ2n) is 8.15. The zero-order chi connectivity index (χ0) is 20.1. The van der Waals surface area contributed by atoms with Gasteiger partial charge < -0.3 is 9.47 Å². The summed E-state index contributed by atoms with van der Waals surface area (Å²) in [6, 6.07) is 5.42. The van der Waals surface area contributed by atoms with Crippen LogP contribution in [0.3, 0.4) is 0 Å². The minimum atomic E-state index is -0.364. The normalized spacial score (nSPS) is 20.2. The molecule has 2 saturated carbocycles. The third-order valence-electron chi connectivity index (χ3n) is 5.93. The van der Waals surface area contributed by atoms with Gasteiger partial charge in [-0.15, -0.1) is 0 Å². The summed E-state index contributed by atoms with van der Waals surface area (Å²) in [5.74, 6) is 1.76. The molecule has 5 rings (SSSR count). The van der Waals surface area contributed by atoms with Crippen molar-refractivity contribution in [2.45, 2.75) is 44.3 Å². The Morgan fingerprint density at radius 2 is 1.90 bits per heavy atom. The van der Waals surface area contributed by atoms with Crippen molar-refractivity contribution in [2.24, 2.45) is 0 Å². The highest BCUT2D eigenvalue weighted by Crippen LogP contribution is 2.44. The van der Waals surface area contributed by atoms with E-state index in [1.54, 1.807) is 12.1 Å². The number of nitrogens with zero attached hydrogens (tertiary/aromatic N) is 6. The Morgan fingerprint density at radius 1 is 1.17 bits per heavy atom. The van der Waals surface area contributed by atoms with Crippen LogP contribution in [0.15, 0.2) is 18.2 Å². The largest absolute Gasteiger partial charge is 0.363 e. The van der Waals surface area contributed by atoms with E-state index in [0.29, 0.717) is 42.4 Å². The van der Waals surface area contributed by atoms with Gasteiger partial charge in [-0.05, 0) is 50.0 Å². The molecule has 1 aromatic carbocycles. The highest BCUT2D eigenvalue weighted by Gasteiger charge is 2.36. The standard InChI is InChI=1S/C19H23ClN6O2S/c20-14-3-6-16(17(11-14)26(27)28)23-9-7-22(8-10-23)12-24-19(29)25(15-4-5-15)18(21-24)13-1-2-13/h3,6,11,13,15H,1-2,4-5,7-10,12H2. The van der Waals surface area contributed by atoms with E-state index in [2.05, 4.69) is 14.4 Å². The Balaban J connectivity index is 1.28. The third kappa shape index (κ3) is 3.78. The van der Waals surface area contributed by atoms with Crippen LogP contribution in [0.5, 0.6) is 0 Å². The van der Waals surface area contributed by atoms with E-state index >= 15 is 0 Å². The van der Waals surface area contributed by atoms with Crippen LogP contribution in [0.1, 0.15) is 43.5 Å². The lowest BCUT2D eigenvalue weighted by molar-refractivity contribution is -0.384. The number of nitro benzene ring substituents is 1. The maximum atomic E-state index is 11.4. The van der Waals surface area contributed by atoms with Crippen molar-refractivity contribution >= 4 is 35.2 Å². The number of hydrogen-bond acceptors (Lipinski definition) is 6. The molecule has 0 unspecified atom stereocenters. The SMILES string of the molecule is O=[N+]([O-])c1cc(Cl)ccc1N1CCN(Cn2nc(C3CC3)n(C3CC3)c2=S)CC1. The first-order valence-corrected chi connectivity index (χ1v) is 10.9. The molecule has 154 valence electrons. The number of aromatic nitrogens is 3. The molecule has 2 aliphatic carbocycles. The van der Waals surface area contributed by atoms with Gasteiger partial charge in [-0.1, -0.05) is 11.6 Å². The number of anilines is 1. The van der Waals surface area contributed by atoms with E-state index in [1.165, 1.54) is 37.6 Å². The summed E-state index contributed by atoms with van der Waals surface area (Å²) in [4.78, 5) is 15.4. The third-order valence-corrected chi connectivity index (χ3v) is 6.58. The minimum Gasteiger partial charge on any atom is -0.363 e. The van der Waals surface area contributed by atoms with Crippen LogP contribution in [0, 0.1) is 14.9 Å². The average Bonchev–Trinajstić information content (AvgIpc) is 3.62. The predicted octanol–water partition coefficient (Wildman–Crippen LogP) is 3.97. The molecule has 10 heteroatoms. The van der Waals surface area contributed by atoms with E-state index in [9.17, 15) is 10.1 Å². The Kier molecular flexibility index (Phi) is 4.84. The van der Waals surface area contributed by atoms with Crippen LogP contribution in [0.25, 0.3) is 0 Å². The van der Waals surface area contributed by atoms with Crippen molar-refractivity contribution in [3.63, 3.8) is 0 Å². The maximum Gasteiger partial charge on any atom is 0.294 e. The highest BCUT2D eigenvalue weighted by atomic mass is 35.5. The molecule has 0 atom stereocenters. The van der Waals surface area contributed by atoms with Gasteiger partial charge in [0.2, 0.25) is 0 Å². The van der Waals surface area contributed by atoms with Gasteiger partial charge in [0.05, 0.1) is 11.6 Å². The molecule has 1 aliphatic heterocycles. The van der Waals surface area contributed by atoms with Crippen LogP contribution in [-0.2, 0) is 6.67 Å². The fraction of sp³-hybridized carbons (Fsp3) is 0.579. The molecule has 0 bridgehead atoms. The van der Waals surface area contributed by atoms with Crippen LogP contribution in [0.2, 0.25) is 5.02 Å². The molecule has 3 fully saturated rings. The molecule has 8 nitrogen and oxygen atoms in total. The number of nitro groups is 1. The van der Waals surface area contributed by atoms with Gasteiger partial charge in [0.1, 0.15) is 11.5 Å². The van der Waals surface area contributed by atoms with Gasteiger partial charge in [0, 0.05) is 49.2 Å². The van der Waals surface area contributed by atoms with Gasteiger partial charge in [0.15, 0.2) is 4.77 Å². The van der Waals surface area contributed by atoms with E-state index in [1.807, 2.05) is 4.68 Å². The van der Waals surface area contributed by atoms with Crippen molar-refractivity contribution < 1.29 is 4.92 Å². The smallest absolute Gasteiger partial charge is 0.294 e. The molecule has 2 aromatic rings. The lowest BCUT2D eigenvalue weighted by atomic mass is 10.2. The summed E-state index contributed by atoms with van der Waals surface area (Å²) in [5, 5.41) is 16.6. The molecule has 29 heavy (non-hydrogen) atoms. The predicted molar refractivity (Wildman–Crippen MR) is 113 cm³/mol. The van der Waals surface area contributed by atoms with Gasteiger partial charge in [-0.25, -0.2) is 4.68 Å². The minimum absolute atomic E-state index is 0.0606. The second-order valence-corrected chi connectivity index (χ2v) is 8.95. The molecule has 0 amide bonds. The molecule has 2 heterocycles. The highest BCUT2D eigenvalue weighted by molar-refractivity contribution is 7.71. The summed E-state index contributed by atoms with van der Waals surface area (Å²) < 4.78 is 5.10. The quantitative estimate of drug-likeness (QED) is 0.389. The van der Waals surface area contributed by atoms with Gasteiger partial charge >= 0.3 is 0 Å². The van der Waals surface area contributed by atoms with E-state index < -0.39 is 0 Å². The van der Waals surface area contributed by atoms with Gasteiger partial charge in [-0.2, -0.15) is 5.10 Å². The topological polar surface area (TPSA) is 72.4 Å². The molecular formula is C19H23ClN6O2S. The van der Waals surface area contributed by atoms with Crippen molar-refractivity contribution in [3.8, 4) is 0 Å². The Hall–Kier alpha value is -1.97. The zero-order valence-electron chi connectivity index (χ0n) is 16.0. The number of halogens is 1. The summed E-state index contributed by atoms with van der Waals surface area (Å²) in [5.41, 5.74) is 0.690. The lowest BCUT2D eigenvalue weighted by Crippen LogP contribution is -2.47. The van der Waals surface area contributed by atoms with Crippen LogP contribution in [0.4, 0.5) is 11.4 Å². The Labute approximate surface area is 178 Å². The van der Waals surface area contributed by atoms with Crippen molar-refractivity contribution in [2.75, 3.05) is 31.1 Å². The second kappa shape index (κ2) is 7.37. The summed E-state index contributed by atoms with van der Waals surface area (Å²) in [6.07, 6.45) is 4.85. The van der Waals surface area contributed by atoms with Gasteiger partial charge in [-0.3, -0.25) is 15.0 Å². The Bertz CT molecular complexity index is 1000. The van der Waals surface area contributed by atoms with Crippen LogP contribution < -0.4 is 4.90 Å².